The zero-order chi connectivity index (χ0) is 41.2. The molecule has 0 aliphatic carbocycles. The van der Waals surface area contributed by atoms with E-state index in [0.717, 1.165) is 26.1 Å². The molecule has 0 aliphatic rings. The Bertz CT molecular complexity index is 833. The second-order valence-corrected chi connectivity index (χ2v) is 16.1. The van der Waals surface area contributed by atoms with E-state index in [0.29, 0.717) is 66.0 Å². The molecule has 0 rings (SSSR count). The highest BCUT2D eigenvalue weighted by atomic mass is 32.1. The Hall–Kier alpha value is -1.07. The highest BCUT2D eigenvalue weighted by Gasteiger charge is 2.10. The standard InChI is InChI=1S/C48H94N2O6S/c1-3-5-7-9-11-13-15-17-19-21-23-25-27-29-31-33-36-54-45-47(46-55-44-43-53-42-41-52-40-39-51-38-35-50-48(49)57)56-37-34-32-30-28-26-24-22-20-18-16-14-12-10-8-6-4-2/h17-20,47H,3-16,21-46H2,1-2H3,(H3,49,50,57)/b19-17-,20-18-. The molecule has 0 bridgehead atoms. The first-order valence-electron chi connectivity index (χ1n) is 24.0. The van der Waals surface area contributed by atoms with Gasteiger partial charge in [-0.15, -0.1) is 0 Å². The number of thiocarbonyl (C=S) groups is 1. The van der Waals surface area contributed by atoms with Crippen LogP contribution >= 0.6 is 12.2 Å². The largest absolute Gasteiger partial charge is 0.379 e. The number of nitrogens with one attached hydrogen (secondary N) is 1. The van der Waals surface area contributed by atoms with Crippen LogP contribution in [0.4, 0.5) is 0 Å². The van der Waals surface area contributed by atoms with E-state index >= 15 is 0 Å². The fraction of sp³-hybridized carbons (Fsp3) is 0.896. The van der Waals surface area contributed by atoms with Crippen molar-refractivity contribution in [3.8, 4) is 0 Å². The molecule has 1 unspecified atom stereocenters. The maximum atomic E-state index is 6.26. The van der Waals surface area contributed by atoms with Gasteiger partial charge in [0.15, 0.2) is 5.11 Å². The van der Waals surface area contributed by atoms with Crippen molar-refractivity contribution < 1.29 is 28.4 Å². The Labute approximate surface area is 358 Å². The fourth-order valence-electron chi connectivity index (χ4n) is 6.53. The third-order valence-electron chi connectivity index (χ3n) is 10.1. The van der Waals surface area contributed by atoms with Crippen molar-refractivity contribution in [1.29, 1.82) is 0 Å². The average Bonchev–Trinajstić information content (AvgIpc) is 3.21. The number of ether oxygens (including phenoxy) is 6. The van der Waals surface area contributed by atoms with Crippen LogP contribution < -0.4 is 11.1 Å². The molecule has 0 aliphatic heterocycles. The predicted molar refractivity (Wildman–Crippen MR) is 248 cm³/mol. The van der Waals surface area contributed by atoms with Crippen LogP contribution in [0.2, 0.25) is 0 Å². The van der Waals surface area contributed by atoms with Gasteiger partial charge in [0.1, 0.15) is 6.10 Å². The van der Waals surface area contributed by atoms with Gasteiger partial charge in [0, 0.05) is 19.8 Å². The highest BCUT2D eigenvalue weighted by molar-refractivity contribution is 7.80. The molecule has 0 radical (unpaired) electrons. The van der Waals surface area contributed by atoms with Gasteiger partial charge in [-0.25, -0.2) is 0 Å². The number of hydrogen-bond acceptors (Lipinski definition) is 7. The first kappa shape index (κ1) is 55.9. The second kappa shape index (κ2) is 51.1. The molecule has 0 aromatic heterocycles. The maximum Gasteiger partial charge on any atom is 0.163 e. The fourth-order valence-corrected chi connectivity index (χ4v) is 6.63. The molecule has 3 N–H and O–H groups in total. The van der Waals surface area contributed by atoms with Gasteiger partial charge in [-0.2, -0.15) is 0 Å². The lowest BCUT2D eigenvalue weighted by atomic mass is 10.1. The summed E-state index contributed by atoms with van der Waals surface area (Å²) in [5.74, 6) is 0. The van der Waals surface area contributed by atoms with Gasteiger partial charge in [-0.3, -0.25) is 0 Å². The normalized spacial score (nSPS) is 12.4. The van der Waals surface area contributed by atoms with Gasteiger partial charge in [-0.05, 0) is 76.4 Å². The lowest BCUT2D eigenvalue weighted by molar-refractivity contribution is -0.0700. The lowest BCUT2D eigenvalue weighted by Crippen LogP contribution is -2.32. The van der Waals surface area contributed by atoms with Crippen molar-refractivity contribution in [1.82, 2.24) is 5.32 Å². The molecular formula is C48H94N2O6S. The minimum Gasteiger partial charge on any atom is -0.379 e. The smallest absolute Gasteiger partial charge is 0.163 e. The van der Waals surface area contributed by atoms with E-state index in [4.69, 9.17) is 46.4 Å². The van der Waals surface area contributed by atoms with E-state index in [1.165, 1.54) is 167 Å². The van der Waals surface area contributed by atoms with Crippen LogP contribution in [0.5, 0.6) is 0 Å². The Morgan fingerprint density at radius 1 is 0.421 bits per heavy atom. The minimum atomic E-state index is -0.0406. The highest BCUT2D eigenvalue weighted by Crippen LogP contribution is 2.12. The molecule has 9 heteroatoms. The monoisotopic (exact) mass is 827 g/mol. The summed E-state index contributed by atoms with van der Waals surface area (Å²) in [5, 5.41) is 3.14. The lowest BCUT2D eigenvalue weighted by Gasteiger charge is -2.18. The molecule has 0 saturated heterocycles. The summed E-state index contributed by atoms with van der Waals surface area (Å²) < 4.78 is 35.0. The van der Waals surface area contributed by atoms with Crippen molar-refractivity contribution in [3.05, 3.63) is 24.3 Å². The number of rotatable bonds is 49. The van der Waals surface area contributed by atoms with Crippen molar-refractivity contribution in [2.75, 3.05) is 79.2 Å². The van der Waals surface area contributed by atoms with Crippen molar-refractivity contribution in [2.24, 2.45) is 5.73 Å². The van der Waals surface area contributed by atoms with Crippen LogP contribution in [0.15, 0.2) is 24.3 Å². The van der Waals surface area contributed by atoms with Crippen molar-refractivity contribution in [2.45, 2.75) is 200 Å². The predicted octanol–water partition coefficient (Wildman–Crippen LogP) is 12.4. The Morgan fingerprint density at radius 3 is 1.18 bits per heavy atom. The zero-order valence-corrected chi connectivity index (χ0v) is 38.4. The quantitative estimate of drug-likeness (QED) is 0.0353. The molecule has 57 heavy (non-hydrogen) atoms. The summed E-state index contributed by atoms with van der Waals surface area (Å²) in [4.78, 5) is 0. The maximum absolute atomic E-state index is 6.26. The number of allylic oxidation sites excluding steroid dienone is 4. The first-order chi connectivity index (χ1) is 28.2. The van der Waals surface area contributed by atoms with Crippen molar-refractivity contribution >= 4 is 17.3 Å². The summed E-state index contributed by atoms with van der Waals surface area (Å²) >= 11 is 4.76. The molecule has 0 spiro atoms. The summed E-state index contributed by atoms with van der Waals surface area (Å²) in [6.07, 6.45) is 46.4. The molecular weight excluding hydrogens is 733 g/mol. The number of nitrogens with two attached hydrogens (primary N) is 1. The molecule has 8 nitrogen and oxygen atoms in total. The van der Waals surface area contributed by atoms with Crippen molar-refractivity contribution in [3.63, 3.8) is 0 Å². The van der Waals surface area contributed by atoms with E-state index in [-0.39, 0.29) is 11.2 Å². The SMILES string of the molecule is CCCCCCCC/C=C\CCCCCCCCOCC(COCCOCCOCCOCCNC(N)=S)OCCCCCCCC/C=C\CCCCCCCC. The van der Waals surface area contributed by atoms with Gasteiger partial charge >= 0.3 is 0 Å². The van der Waals surface area contributed by atoms with Crippen LogP contribution in [0.1, 0.15) is 194 Å². The number of unbranched alkanes of at least 4 members (excludes halogenated alkanes) is 24. The van der Waals surface area contributed by atoms with Gasteiger partial charge in [0.05, 0.1) is 59.5 Å². The number of hydrogen-bond donors (Lipinski definition) is 2. The summed E-state index contributed by atoms with van der Waals surface area (Å²) in [7, 11) is 0. The van der Waals surface area contributed by atoms with Crippen LogP contribution in [0, 0.1) is 0 Å². The van der Waals surface area contributed by atoms with Crippen LogP contribution in [-0.2, 0) is 28.4 Å². The van der Waals surface area contributed by atoms with E-state index in [9.17, 15) is 0 Å². The Kier molecular flexibility index (Phi) is 50.1. The Morgan fingerprint density at radius 2 is 0.754 bits per heavy atom. The third kappa shape index (κ3) is 51.0. The minimum absolute atomic E-state index is 0.0406. The van der Waals surface area contributed by atoms with Crippen LogP contribution in [-0.4, -0.2) is 90.4 Å². The molecule has 0 saturated carbocycles. The van der Waals surface area contributed by atoms with Gasteiger partial charge in [0.2, 0.25) is 0 Å². The topological polar surface area (TPSA) is 93.4 Å². The van der Waals surface area contributed by atoms with E-state index < -0.39 is 0 Å². The van der Waals surface area contributed by atoms with Gasteiger partial charge in [0.25, 0.3) is 0 Å². The molecule has 0 aromatic rings. The molecule has 0 fully saturated rings. The summed E-state index contributed by atoms with van der Waals surface area (Å²) in [5.41, 5.74) is 5.39. The van der Waals surface area contributed by atoms with E-state index in [1.54, 1.807) is 0 Å². The molecule has 0 heterocycles. The summed E-state index contributed by atoms with van der Waals surface area (Å²) in [6.45, 7) is 11.6. The molecule has 0 amide bonds. The van der Waals surface area contributed by atoms with E-state index in [2.05, 4.69) is 43.5 Å². The molecule has 1 atom stereocenters. The van der Waals surface area contributed by atoms with E-state index in [1.807, 2.05) is 0 Å². The zero-order valence-electron chi connectivity index (χ0n) is 37.6. The molecule has 338 valence electrons. The summed E-state index contributed by atoms with van der Waals surface area (Å²) in [6, 6.07) is 0. The van der Waals surface area contributed by atoms with Crippen LogP contribution in [0.3, 0.4) is 0 Å². The third-order valence-corrected chi connectivity index (χ3v) is 10.2. The second-order valence-electron chi connectivity index (χ2n) is 15.6. The molecule has 0 aromatic carbocycles. The van der Waals surface area contributed by atoms with Gasteiger partial charge < -0.3 is 39.5 Å². The average molecular weight is 827 g/mol. The van der Waals surface area contributed by atoms with Crippen LogP contribution in [0.25, 0.3) is 0 Å². The Balaban J connectivity index is 4.02. The first-order valence-corrected chi connectivity index (χ1v) is 24.4. The van der Waals surface area contributed by atoms with Gasteiger partial charge in [-0.1, -0.05) is 154 Å².